The van der Waals surface area contributed by atoms with Crippen molar-refractivity contribution in [1.82, 2.24) is 0 Å². The maximum Gasteiger partial charge on any atom is 0.0634 e. The summed E-state index contributed by atoms with van der Waals surface area (Å²) in [5.41, 5.74) is 1.44. The molecule has 1 aliphatic rings. The summed E-state index contributed by atoms with van der Waals surface area (Å²) in [6.45, 7) is 4.38. The van der Waals surface area contributed by atoms with E-state index in [9.17, 15) is 5.11 Å². The van der Waals surface area contributed by atoms with Crippen molar-refractivity contribution in [1.29, 1.82) is 0 Å². The first-order valence-corrected chi connectivity index (χ1v) is 7.36. The number of fused-ring (bicyclic) bond motifs is 1. The molecule has 0 aromatic carbocycles. The number of thiophene rings is 1. The third-order valence-corrected chi connectivity index (χ3v) is 4.83. The fraction of sp³-hybridized carbons (Fsp3) is 0.714. The molecule has 0 spiro atoms. The molecule has 1 nitrogen and oxygen atoms in total. The van der Waals surface area contributed by atoms with Crippen LogP contribution in [0.5, 0.6) is 0 Å². The number of rotatable bonds is 4. The van der Waals surface area contributed by atoms with Gasteiger partial charge < -0.3 is 5.11 Å². The SMILES string of the molecule is CCCC(C)C(O)C1CCCc2sccc21. The standard InChI is InChI=1S/C14H22OS/c1-3-5-10(2)14(15)12-6-4-7-13-11(12)8-9-16-13/h8-10,12,14-15H,3-7H2,1-2H3. The van der Waals surface area contributed by atoms with Gasteiger partial charge in [0, 0.05) is 10.8 Å². The molecule has 0 saturated heterocycles. The lowest BCUT2D eigenvalue weighted by atomic mass is 9.79. The number of aliphatic hydroxyl groups is 1. The molecule has 2 heteroatoms. The zero-order valence-electron chi connectivity index (χ0n) is 10.3. The molecule has 0 aliphatic heterocycles. The molecule has 2 rings (SSSR count). The number of hydrogen-bond acceptors (Lipinski definition) is 2. The summed E-state index contributed by atoms with van der Waals surface area (Å²) in [5, 5.41) is 12.6. The van der Waals surface area contributed by atoms with Gasteiger partial charge in [0.05, 0.1) is 6.10 Å². The van der Waals surface area contributed by atoms with Crippen LogP contribution in [0.1, 0.15) is 55.9 Å². The van der Waals surface area contributed by atoms with Crippen molar-refractivity contribution in [3.05, 3.63) is 21.9 Å². The van der Waals surface area contributed by atoms with Crippen molar-refractivity contribution in [2.24, 2.45) is 5.92 Å². The van der Waals surface area contributed by atoms with E-state index in [2.05, 4.69) is 25.3 Å². The van der Waals surface area contributed by atoms with E-state index in [-0.39, 0.29) is 6.10 Å². The van der Waals surface area contributed by atoms with Gasteiger partial charge in [-0.3, -0.25) is 0 Å². The van der Waals surface area contributed by atoms with Crippen LogP contribution in [0.2, 0.25) is 0 Å². The molecule has 1 N–H and O–H groups in total. The van der Waals surface area contributed by atoms with Crippen LogP contribution in [-0.2, 0) is 6.42 Å². The molecule has 90 valence electrons. The van der Waals surface area contributed by atoms with Gasteiger partial charge in [0.15, 0.2) is 0 Å². The summed E-state index contributed by atoms with van der Waals surface area (Å²) in [5.74, 6) is 0.831. The van der Waals surface area contributed by atoms with E-state index in [1.165, 1.54) is 36.1 Å². The van der Waals surface area contributed by atoms with Gasteiger partial charge in [-0.15, -0.1) is 11.3 Å². The van der Waals surface area contributed by atoms with E-state index >= 15 is 0 Å². The second kappa shape index (κ2) is 5.33. The molecule has 0 saturated carbocycles. The normalized spacial score (nSPS) is 23.8. The van der Waals surface area contributed by atoms with Gasteiger partial charge in [0.1, 0.15) is 0 Å². The predicted molar refractivity (Wildman–Crippen MR) is 70.1 cm³/mol. The molecule has 3 unspecified atom stereocenters. The number of aryl methyl sites for hydroxylation is 1. The molecular formula is C14H22OS. The minimum Gasteiger partial charge on any atom is -0.392 e. The Bertz CT molecular complexity index is 331. The Morgan fingerprint density at radius 1 is 1.56 bits per heavy atom. The Kier molecular flexibility index (Phi) is 4.04. The van der Waals surface area contributed by atoms with Crippen LogP contribution in [0, 0.1) is 5.92 Å². The van der Waals surface area contributed by atoms with Crippen LogP contribution in [0.4, 0.5) is 0 Å². The lowest BCUT2D eigenvalue weighted by molar-refractivity contribution is 0.0775. The van der Waals surface area contributed by atoms with E-state index < -0.39 is 0 Å². The Labute approximate surface area is 103 Å². The molecule has 0 radical (unpaired) electrons. The summed E-state index contributed by atoms with van der Waals surface area (Å²) < 4.78 is 0. The van der Waals surface area contributed by atoms with Gasteiger partial charge in [-0.05, 0) is 48.6 Å². The fourth-order valence-corrected chi connectivity index (χ4v) is 3.90. The van der Waals surface area contributed by atoms with E-state index in [4.69, 9.17) is 0 Å². The van der Waals surface area contributed by atoms with Crippen LogP contribution in [0.3, 0.4) is 0 Å². The smallest absolute Gasteiger partial charge is 0.0634 e. The fourth-order valence-electron chi connectivity index (χ4n) is 2.90. The van der Waals surface area contributed by atoms with Gasteiger partial charge in [0.25, 0.3) is 0 Å². The number of hydrogen-bond donors (Lipinski definition) is 1. The minimum atomic E-state index is -0.145. The van der Waals surface area contributed by atoms with Crippen molar-refractivity contribution in [2.75, 3.05) is 0 Å². The maximum absolute atomic E-state index is 10.4. The first-order valence-electron chi connectivity index (χ1n) is 6.48. The van der Waals surface area contributed by atoms with Gasteiger partial charge in [-0.1, -0.05) is 20.3 Å². The highest BCUT2D eigenvalue weighted by atomic mass is 32.1. The van der Waals surface area contributed by atoms with Gasteiger partial charge in [-0.25, -0.2) is 0 Å². The van der Waals surface area contributed by atoms with Crippen molar-refractivity contribution < 1.29 is 5.11 Å². The van der Waals surface area contributed by atoms with Gasteiger partial charge >= 0.3 is 0 Å². The largest absolute Gasteiger partial charge is 0.392 e. The Morgan fingerprint density at radius 2 is 2.38 bits per heavy atom. The van der Waals surface area contributed by atoms with Crippen molar-refractivity contribution >= 4 is 11.3 Å². The third-order valence-electron chi connectivity index (χ3n) is 3.84. The highest BCUT2D eigenvalue weighted by Gasteiger charge is 2.30. The van der Waals surface area contributed by atoms with E-state index in [1.54, 1.807) is 0 Å². The van der Waals surface area contributed by atoms with Crippen molar-refractivity contribution in [2.45, 2.75) is 58.0 Å². The van der Waals surface area contributed by atoms with E-state index in [0.717, 1.165) is 6.42 Å². The zero-order valence-corrected chi connectivity index (χ0v) is 11.1. The predicted octanol–water partition coefficient (Wildman–Crippen LogP) is 3.97. The summed E-state index contributed by atoms with van der Waals surface area (Å²) in [7, 11) is 0. The van der Waals surface area contributed by atoms with Gasteiger partial charge in [-0.2, -0.15) is 0 Å². The Morgan fingerprint density at radius 3 is 3.12 bits per heavy atom. The average molecular weight is 238 g/mol. The van der Waals surface area contributed by atoms with Crippen LogP contribution in [-0.4, -0.2) is 11.2 Å². The monoisotopic (exact) mass is 238 g/mol. The second-order valence-corrected chi connectivity index (χ2v) is 6.06. The van der Waals surface area contributed by atoms with Gasteiger partial charge in [0.2, 0.25) is 0 Å². The molecular weight excluding hydrogens is 216 g/mol. The first kappa shape index (κ1) is 12.1. The molecule has 0 fully saturated rings. The molecule has 0 bridgehead atoms. The van der Waals surface area contributed by atoms with Crippen LogP contribution < -0.4 is 0 Å². The highest BCUT2D eigenvalue weighted by Crippen LogP contribution is 2.39. The van der Waals surface area contributed by atoms with Crippen LogP contribution in [0.25, 0.3) is 0 Å². The Hall–Kier alpha value is -0.340. The first-order chi connectivity index (χ1) is 7.74. The lowest BCUT2D eigenvalue weighted by Gasteiger charge is -2.31. The molecule has 0 amide bonds. The topological polar surface area (TPSA) is 20.2 Å². The summed E-state index contributed by atoms with van der Waals surface area (Å²) in [6.07, 6.45) is 5.79. The molecule has 1 aromatic heterocycles. The molecule has 1 aromatic rings. The van der Waals surface area contributed by atoms with Crippen LogP contribution in [0.15, 0.2) is 11.4 Å². The average Bonchev–Trinajstić information content (AvgIpc) is 2.76. The molecule has 16 heavy (non-hydrogen) atoms. The summed E-state index contributed by atoms with van der Waals surface area (Å²) >= 11 is 1.86. The molecule has 1 aliphatic carbocycles. The quantitative estimate of drug-likeness (QED) is 0.841. The van der Waals surface area contributed by atoms with E-state index in [0.29, 0.717) is 11.8 Å². The van der Waals surface area contributed by atoms with Crippen molar-refractivity contribution in [3.63, 3.8) is 0 Å². The second-order valence-electron chi connectivity index (χ2n) is 5.05. The third kappa shape index (κ3) is 2.33. The highest BCUT2D eigenvalue weighted by molar-refractivity contribution is 7.10. The van der Waals surface area contributed by atoms with Crippen LogP contribution >= 0.6 is 11.3 Å². The van der Waals surface area contributed by atoms with Crippen molar-refractivity contribution in [3.8, 4) is 0 Å². The minimum absolute atomic E-state index is 0.145. The molecule has 3 atom stereocenters. The van der Waals surface area contributed by atoms with E-state index in [1.807, 2.05) is 11.3 Å². The zero-order chi connectivity index (χ0) is 11.5. The maximum atomic E-state index is 10.4. The number of aliphatic hydroxyl groups excluding tert-OH is 1. The molecule has 1 heterocycles. The summed E-state index contributed by atoms with van der Waals surface area (Å²) in [6, 6.07) is 2.23. The Balaban J connectivity index is 2.11. The lowest BCUT2D eigenvalue weighted by Crippen LogP contribution is -2.28. The summed E-state index contributed by atoms with van der Waals surface area (Å²) in [4.78, 5) is 1.51.